The number of nitrogens with zero attached hydrogens (tertiary/aromatic N) is 1. The molecule has 0 heterocycles. The summed E-state index contributed by atoms with van der Waals surface area (Å²) in [6.45, 7) is 4.20. The molecule has 2 rings (SSSR count). The predicted octanol–water partition coefficient (Wildman–Crippen LogP) is 3.03. The van der Waals surface area contributed by atoms with Crippen LogP contribution < -0.4 is 10.6 Å². The lowest BCUT2D eigenvalue weighted by Gasteiger charge is -2.25. The first-order valence-corrected chi connectivity index (χ1v) is 6.00. The summed E-state index contributed by atoms with van der Waals surface area (Å²) in [5.74, 6) is 0.556. The van der Waals surface area contributed by atoms with Crippen molar-refractivity contribution in [2.45, 2.75) is 26.2 Å². The van der Waals surface area contributed by atoms with Crippen molar-refractivity contribution in [1.82, 2.24) is 0 Å². The van der Waals surface area contributed by atoms with Crippen molar-refractivity contribution < 1.29 is 4.39 Å². The van der Waals surface area contributed by atoms with Gasteiger partial charge < -0.3 is 10.6 Å². The third kappa shape index (κ3) is 2.65. The van der Waals surface area contributed by atoms with Crippen molar-refractivity contribution in [3.05, 3.63) is 24.0 Å². The fraction of sp³-hybridized carbons (Fsp3) is 0.538. The van der Waals surface area contributed by atoms with Crippen molar-refractivity contribution in [3.63, 3.8) is 0 Å². The van der Waals surface area contributed by atoms with Gasteiger partial charge in [0, 0.05) is 13.1 Å². The average molecular weight is 222 g/mol. The Kier molecular flexibility index (Phi) is 3.32. The summed E-state index contributed by atoms with van der Waals surface area (Å²) in [5.41, 5.74) is 7.40. The maximum Gasteiger partial charge on any atom is 0.125 e. The van der Waals surface area contributed by atoms with E-state index in [9.17, 15) is 4.39 Å². The van der Waals surface area contributed by atoms with E-state index in [0.717, 1.165) is 31.1 Å². The van der Waals surface area contributed by atoms with Gasteiger partial charge in [0.1, 0.15) is 5.82 Å². The van der Waals surface area contributed by atoms with Gasteiger partial charge in [0.2, 0.25) is 0 Å². The molecule has 0 bridgehead atoms. The minimum Gasteiger partial charge on any atom is -0.397 e. The van der Waals surface area contributed by atoms with Gasteiger partial charge >= 0.3 is 0 Å². The fourth-order valence-electron chi connectivity index (χ4n) is 2.01. The van der Waals surface area contributed by atoms with Crippen LogP contribution in [0.5, 0.6) is 0 Å². The van der Waals surface area contributed by atoms with Gasteiger partial charge in [0.15, 0.2) is 0 Å². The topological polar surface area (TPSA) is 29.3 Å². The maximum absolute atomic E-state index is 13.0. The van der Waals surface area contributed by atoms with E-state index in [1.807, 2.05) is 0 Å². The molecule has 0 amide bonds. The van der Waals surface area contributed by atoms with E-state index in [1.54, 1.807) is 6.07 Å². The number of rotatable bonds is 5. The second-order valence-corrected chi connectivity index (χ2v) is 4.59. The Balaban J connectivity index is 2.15. The molecule has 16 heavy (non-hydrogen) atoms. The van der Waals surface area contributed by atoms with E-state index in [1.165, 1.54) is 25.0 Å². The van der Waals surface area contributed by atoms with E-state index in [-0.39, 0.29) is 5.82 Å². The van der Waals surface area contributed by atoms with Crippen molar-refractivity contribution in [2.24, 2.45) is 5.92 Å². The van der Waals surface area contributed by atoms with E-state index < -0.39 is 0 Å². The molecule has 1 fully saturated rings. The molecule has 1 aromatic carbocycles. The summed E-state index contributed by atoms with van der Waals surface area (Å²) in [6, 6.07) is 4.69. The van der Waals surface area contributed by atoms with Crippen LogP contribution in [0, 0.1) is 11.7 Å². The normalized spacial score (nSPS) is 15.1. The molecular weight excluding hydrogens is 203 g/mol. The Labute approximate surface area is 96.2 Å². The van der Waals surface area contributed by atoms with E-state index in [0.29, 0.717) is 5.69 Å². The van der Waals surface area contributed by atoms with Crippen molar-refractivity contribution >= 4 is 11.4 Å². The van der Waals surface area contributed by atoms with Crippen LogP contribution >= 0.6 is 0 Å². The highest BCUT2D eigenvalue weighted by Crippen LogP contribution is 2.33. The number of halogens is 1. The van der Waals surface area contributed by atoms with Gasteiger partial charge in [-0.25, -0.2) is 4.39 Å². The Morgan fingerprint density at radius 3 is 2.75 bits per heavy atom. The SMILES string of the molecule is CCCN(CC1CC1)c1ccc(F)cc1N. The fourth-order valence-corrected chi connectivity index (χ4v) is 2.01. The predicted molar refractivity (Wildman–Crippen MR) is 66.0 cm³/mol. The number of nitrogens with two attached hydrogens (primary N) is 1. The van der Waals surface area contributed by atoms with Crippen LogP contribution in [0.4, 0.5) is 15.8 Å². The Hall–Kier alpha value is -1.25. The molecular formula is C13H19FN2. The zero-order valence-corrected chi connectivity index (χ0v) is 9.75. The molecule has 2 nitrogen and oxygen atoms in total. The van der Waals surface area contributed by atoms with Crippen LogP contribution in [-0.4, -0.2) is 13.1 Å². The van der Waals surface area contributed by atoms with Gasteiger partial charge in [0.25, 0.3) is 0 Å². The summed E-state index contributed by atoms with van der Waals surface area (Å²) in [4.78, 5) is 2.28. The Morgan fingerprint density at radius 2 is 2.19 bits per heavy atom. The van der Waals surface area contributed by atoms with Crippen LogP contribution in [0.15, 0.2) is 18.2 Å². The monoisotopic (exact) mass is 222 g/mol. The number of anilines is 2. The van der Waals surface area contributed by atoms with E-state index in [4.69, 9.17) is 5.73 Å². The molecule has 0 spiro atoms. The number of benzene rings is 1. The van der Waals surface area contributed by atoms with Crippen molar-refractivity contribution in [3.8, 4) is 0 Å². The number of nitrogen functional groups attached to an aromatic ring is 1. The molecule has 3 heteroatoms. The summed E-state index contributed by atoms with van der Waals surface area (Å²) < 4.78 is 13.0. The Bertz CT molecular complexity index is 361. The van der Waals surface area contributed by atoms with Gasteiger partial charge in [-0.3, -0.25) is 0 Å². The van der Waals surface area contributed by atoms with Crippen LogP contribution in [0.1, 0.15) is 26.2 Å². The largest absolute Gasteiger partial charge is 0.397 e. The lowest BCUT2D eigenvalue weighted by molar-refractivity contribution is 0.627. The highest BCUT2D eigenvalue weighted by molar-refractivity contribution is 5.67. The van der Waals surface area contributed by atoms with E-state index >= 15 is 0 Å². The molecule has 1 saturated carbocycles. The zero-order valence-electron chi connectivity index (χ0n) is 9.75. The lowest BCUT2D eigenvalue weighted by Crippen LogP contribution is -2.27. The van der Waals surface area contributed by atoms with Crippen LogP contribution in [-0.2, 0) is 0 Å². The minimum atomic E-state index is -0.260. The third-order valence-corrected chi connectivity index (χ3v) is 3.00. The van der Waals surface area contributed by atoms with Crippen molar-refractivity contribution in [1.29, 1.82) is 0 Å². The van der Waals surface area contributed by atoms with Gasteiger partial charge in [-0.15, -0.1) is 0 Å². The number of hydrogen-bond acceptors (Lipinski definition) is 2. The van der Waals surface area contributed by atoms with Gasteiger partial charge in [-0.1, -0.05) is 6.92 Å². The molecule has 0 aromatic heterocycles. The standard InChI is InChI=1S/C13H19FN2/c1-2-7-16(9-10-3-4-10)13-6-5-11(14)8-12(13)15/h5-6,8,10H,2-4,7,9,15H2,1H3. The van der Waals surface area contributed by atoms with Crippen LogP contribution in [0.25, 0.3) is 0 Å². The molecule has 1 aliphatic rings. The van der Waals surface area contributed by atoms with E-state index in [2.05, 4.69) is 11.8 Å². The highest BCUT2D eigenvalue weighted by atomic mass is 19.1. The molecule has 1 aliphatic carbocycles. The third-order valence-electron chi connectivity index (χ3n) is 3.00. The molecule has 1 aromatic rings. The lowest BCUT2D eigenvalue weighted by atomic mass is 10.2. The molecule has 0 radical (unpaired) electrons. The van der Waals surface area contributed by atoms with Crippen LogP contribution in [0.2, 0.25) is 0 Å². The first-order valence-electron chi connectivity index (χ1n) is 6.00. The Morgan fingerprint density at radius 1 is 1.44 bits per heavy atom. The van der Waals surface area contributed by atoms with Gasteiger partial charge in [-0.2, -0.15) is 0 Å². The smallest absolute Gasteiger partial charge is 0.125 e. The molecule has 88 valence electrons. The first kappa shape index (κ1) is 11.2. The highest BCUT2D eigenvalue weighted by Gasteiger charge is 2.24. The molecule has 0 saturated heterocycles. The first-order chi connectivity index (χ1) is 7.70. The molecule has 0 aliphatic heterocycles. The average Bonchev–Trinajstić information content (AvgIpc) is 3.01. The minimum absolute atomic E-state index is 0.260. The van der Waals surface area contributed by atoms with Crippen molar-refractivity contribution in [2.75, 3.05) is 23.7 Å². The second kappa shape index (κ2) is 4.73. The van der Waals surface area contributed by atoms with Gasteiger partial charge in [0.05, 0.1) is 11.4 Å². The van der Waals surface area contributed by atoms with Crippen LogP contribution in [0.3, 0.4) is 0 Å². The second-order valence-electron chi connectivity index (χ2n) is 4.59. The summed E-state index contributed by atoms with van der Waals surface area (Å²) in [7, 11) is 0. The summed E-state index contributed by atoms with van der Waals surface area (Å²) in [5, 5.41) is 0. The molecule has 0 atom stereocenters. The maximum atomic E-state index is 13.0. The molecule has 2 N–H and O–H groups in total. The quantitative estimate of drug-likeness (QED) is 0.776. The summed E-state index contributed by atoms with van der Waals surface area (Å²) in [6.07, 6.45) is 3.73. The summed E-state index contributed by atoms with van der Waals surface area (Å²) >= 11 is 0. The zero-order chi connectivity index (χ0) is 11.5. The number of hydrogen-bond donors (Lipinski definition) is 1. The van der Waals surface area contributed by atoms with Gasteiger partial charge in [-0.05, 0) is 43.4 Å². The molecule has 0 unspecified atom stereocenters.